The van der Waals surface area contributed by atoms with E-state index in [1.165, 1.54) is 4.90 Å². The Labute approximate surface area is 142 Å². The van der Waals surface area contributed by atoms with E-state index >= 15 is 0 Å². The largest absolute Gasteiger partial charge is 0.497 e. The Kier molecular flexibility index (Phi) is 5.24. The molecular formula is C19H22N2O3. The highest BCUT2D eigenvalue weighted by Gasteiger charge is 2.38. The minimum absolute atomic E-state index is 0.283. The Hall–Kier alpha value is -2.82. The first-order chi connectivity index (χ1) is 11.4. The standard InChI is InChI=1S/C19H22N2O3/c1-19(2,18(23)21(3)15-10-6-5-7-11-15)17(22)20-14-9-8-12-16(13-14)24-4/h5-13H,1-4H3,(H,20,22). The summed E-state index contributed by atoms with van der Waals surface area (Å²) in [6.45, 7) is 3.23. The number of hydrogen-bond acceptors (Lipinski definition) is 3. The molecule has 0 aliphatic rings. The molecule has 2 rings (SSSR count). The number of anilines is 2. The molecule has 0 aliphatic carbocycles. The van der Waals surface area contributed by atoms with Gasteiger partial charge in [-0.2, -0.15) is 0 Å². The van der Waals surface area contributed by atoms with Crippen LogP contribution in [0.2, 0.25) is 0 Å². The number of methoxy groups -OCH3 is 1. The third-order valence-electron chi connectivity index (χ3n) is 3.88. The van der Waals surface area contributed by atoms with E-state index in [-0.39, 0.29) is 11.8 Å². The summed E-state index contributed by atoms with van der Waals surface area (Å²) in [6.07, 6.45) is 0. The summed E-state index contributed by atoms with van der Waals surface area (Å²) in [7, 11) is 3.22. The van der Waals surface area contributed by atoms with E-state index in [1.807, 2.05) is 30.3 Å². The smallest absolute Gasteiger partial charge is 0.241 e. The van der Waals surface area contributed by atoms with Crippen molar-refractivity contribution < 1.29 is 14.3 Å². The van der Waals surface area contributed by atoms with Gasteiger partial charge in [0, 0.05) is 24.5 Å². The molecule has 0 bridgehead atoms. The zero-order valence-electron chi connectivity index (χ0n) is 14.4. The maximum Gasteiger partial charge on any atom is 0.241 e. The molecule has 0 unspecified atom stereocenters. The van der Waals surface area contributed by atoms with E-state index in [4.69, 9.17) is 4.74 Å². The monoisotopic (exact) mass is 326 g/mol. The highest BCUT2D eigenvalue weighted by atomic mass is 16.5. The van der Waals surface area contributed by atoms with Crippen LogP contribution in [0.3, 0.4) is 0 Å². The molecule has 24 heavy (non-hydrogen) atoms. The van der Waals surface area contributed by atoms with Crippen molar-refractivity contribution in [3.63, 3.8) is 0 Å². The summed E-state index contributed by atoms with van der Waals surface area (Å²) in [4.78, 5) is 26.9. The van der Waals surface area contributed by atoms with Gasteiger partial charge in [0.25, 0.3) is 0 Å². The maximum atomic E-state index is 12.8. The Morgan fingerprint density at radius 3 is 2.33 bits per heavy atom. The number of para-hydroxylation sites is 1. The van der Waals surface area contributed by atoms with Gasteiger partial charge in [0.05, 0.1) is 7.11 Å². The molecule has 1 N–H and O–H groups in total. The molecule has 0 aromatic heterocycles. The first-order valence-electron chi connectivity index (χ1n) is 7.65. The number of hydrogen-bond donors (Lipinski definition) is 1. The van der Waals surface area contributed by atoms with Gasteiger partial charge in [0.15, 0.2) is 0 Å². The molecule has 0 heterocycles. The van der Waals surface area contributed by atoms with Gasteiger partial charge in [0.2, 0.25) is 11.8 Å². The summed E-state index contributed by atoms with van der Waals surface area (Å²) in [5.41, 5.74) is 0.112. The zero-order chi connectivity index (χ0) is 17.7. The third kappa shape index (κ3) is 3.74. The molecule has 2 aromatic rings. The summed E-state index contributed by atoms with van der Waals surface area (Å²) in [5.74, 6) is -0.0176. The molecule has 5 nitrogen and oxygen atoms in total. The highest BCUT2D eigenvalue weighted by molar-refractivity contribution is 6.14. The van der Waals surface area contributed by atoms with Crippen molar-refractivity contribution in [3.05, 3.63) is 54.6 Å². The van der Waals surface area contributed by atoms with Gasteiger partial charge in [-0.25, -0.2) is 0 Å². The first kappa shape index (κ1) is 17.5. The summed E-state index contributed by atoms with van der Waals surface area (Å²) < 4.78 is 5.14. The Morgan fingerprint density at radius 1 is 1.04 bits per heavy atom. The van der Waals surface area contributed by atoms with Crippen LogP contribution in [-0.2, 0) is 9.59 Å². The summed E-state index contributed by atoms with van der Waals surface area (Å²) in [6, 6.07) is 16.3. The molecule has 0 saturated heterocycles. The number of amides is 2. The van der Waals surface area contributed by atoms with E-state index in [0.717, 1.165) is 5.69 Å². The Bertz CT molecular complexity index is 726. The van der Waals surface area contributed by atoms with Crippen LogP contribution in [0.5, 0.6) is 5.75 Å². The average Bonchev–Trinajstić information content (AvgIpc) is 2.61. The van der Waals surface area contributed by atoms with Crippen molar-refractivity contribution >= 4 is 23.2 Å². The average molecular weight is 326 g/mol. The van der Waals surface area contributed by atoms with Crippen LogP contribution >= 0.6 is 0 Å². The molecule has 126 valence electrons. The molecule has 5 heteroatoms. The number of rotatable bonds is 5. The Morgan fingerprint density at radius 2 is 1.71 bits per heavy atom. The second kappa shape index (κ2) is 7.17. The van der Waals surface area contributed by atoms with E-state index in [2.05, 4.69) is 5.32 Å². The number of ether oxygens (including phenoxy) is 1. The quantitative estimate of drug-likeness (QED) is 0.858. The van der Waals surface area contributed by atoms with Gasteiger partial charge >= 0.3 is 0 Å². The lowest BCUT2D eigenvalue weighted by atomic mass is 9.90. The maximum absolute atomic E-state index is 12.8. The highest BCUT2D eigenvalue weighted by Crippen LogP contribution is 2.25. The molecule has 2 amide bonds. The van der Waals surface area contributed by atoms with Gasteiger partial charge in [-0.3, -0.25) is 9.59 Å². The topological polar surface area (TPSA) is 58.6 Å². The first-order valence-corrected chi connectivity index (χ1v) is 7.65. The molecule has 0 radical (unpaired) electrons. The zero-order valence-corrected chi connectivity index (χ0v) is 14.4. The second-order valence-corrected chi connectivity index (χ2v) is 6.01. The predicted octanol–water partition coefficient (Wildman–Crippen LogP) is 3.32. The van der Waals surface area contributed by atoms with Crippen LogP contribution < -0.4 is 15.0 Å². The van der Waals surface area contributed by atoms with Crippen LogP contribution in [0, 0.1) is 5.41 Å². The van der Waals surface area contributed by atoms with Crippen LogP contribution in [-0.4, -0.2) is 26.0 Å². The van der Waals surface area contributed by atoms with E-state index in [1.54, 1.807) is 52.3 Å². The molecule has 0 atom stereocenters. The molecule has 0 spiro atoms. The molecule has 0 aliphatic heterocycles. The molecular weight excluding hydrogens is 304 g/mol. The number of benzene rings is 2. The van der Waals surface area contributed by atoms with Crippen molar-refractivity contribution in [2.75, 3.05) is 24.4 Å². The Balaban J connectivity index is 2.15. The second-order valence-electron chi connectivity index (χ2n) is 6.01. The van der Waals surface area contributed by atoms with E-state index in [9.17, 15) is 9.59 Å². The minimum Gasteiger partial charge on any atom is -0.497 e. The fourth-order valence-corrected chi connectivity index (χ4v) is 2.27. The number of nitrogens with zero attached hydrogens (tertiary/aromatic N) is 1. The van der Waals surface area contributed by atoms with Crippen LogP contribution in [0.15, 0.2) is 54.6 Å². The number of nitrogens with one attached hydrogen (secondary N) is 1. The normalized spacial score (nSPS) is 10.8. The fraction of sp³-hybridized carbons (Fsp3) is 0.263. The van der Waals surface area contributed by atoms with Crippen molar-refractivity contribution in [3.8, 4) is 5.75 Å². The SMILES string of the molecule is COc1cccc(NC(=O)C(C)(C)C(=O)N(C)c2ccccc2)c1. The molecule has 2 aromatic carbocycles. The van der Waals surface area contributed by atoms with E-state index < -0.39 is 5.41 Å². The number of carbonyl (C=O) groups is 2. The lowest BCUT2D eigenvalue weighted by Gasteiger charge is -2.28. The van der Waals surface area contributed by atoms with Gasteiger partial charge in [-0.05, 0) is 38.1 Å². The van der Waals surface area contributed by atoms with Crippen molar-refractivity contribution in [2.24, 2.45) is 5.41 Å². The van der Waals surface area contributed by atoms with Crippen LogP contribution in [0.4, 0.5) is 11.4 Å². The number of carbonyl (C=O) groups excluding carboxylic acids is 2. The van der Waals surface area contributed by atoms with Gasteiger partial charge in [-0.1, -0.05) is 24.3 Å². The van der Waals surface area contributed by atoms with Gasteiger partial charge in [0.1, 0.15) is 11.2 Å². The minimum atomic E-state index is -1.21. The summed E-state index contributed by atoms with van der Waals surface area (Å²) in [5, 5.41) is 2.78. The van der Waals surface area contributed by atoms with Crippen LogP contribution in [0.25, 0.3) is 0 Å². The molecule has 0 saturated carbocycles. The lowest BCUT2D eigenvalue weighted by Crippen LogP contribution is -2.46. The van der Waals surface area contributed by atoms with Crippen molar-refractivity contribution in [1.29, 1.82) is 0 Å². The van der Waals surface area contributed by atoms with Crippen molar-refractivity contribution in [1.82, 2.24) is 0 Å². The third-order valence-corrected chi connectivity index (χ3v) is 3.88. The lowest BCUT2D eigenvalue weighted by molar-refractivity contribution is -0.136. The molecule has 0 fully saturated rings. The van der Waals surface area contributed by atoms with Gasteiger partial charge in [-0.15, -0.1) is 0 Å². The summed E-state index contributed by atoms with van der Waals surface area (Å²) >= 11 is 0. The van der Waals surface area contributed by atoms with E-state index in [0.29, 0.717) is 11.4 Å². The van der Waals surface area contributed by atoms with Crippen LogP contribution in [0.1, 0.15) is 13.8 Å². The fourth-order valence-electron chi connectivity index (χ4n) is 2.27. The van der Waals surface area contributed by atoms with Gasteiger partial charge < -0.3 is 15.0 Å². The van der Waals surface area contributed by atoms with Crippen molar-refractivity contribution in [2.45, 2.75) is 13.8 Å². The predicted molar refractivity (Wildman–Crippen MR) is 95.3 cm³/mol.